The van der Waals surface area contributed by atoms with Crippen molar-refractivity contribution in [1.82, 2.24) is 25.2 Å². The molecule has 0 radical (unpaired) electrons. The van der Waals surface area contributed by atoms with Gasteiger partial charge in [-0.2, -0.15) is 8.78 Å². The number of pyridine rings is 1. The van der Waals surface area contributed by atoms with E-state index >= 15 is 8.78 Å². The third-order valence-corrected chi connectivity index (χ3v) is 17.2. The number of hydrogen-bond acceptors (Lipinski definition) is 15. The molecule has 5 heterocycles. The molecular formula is C66H84BF4N11O7. The van der Waals surface area contributed by atoms with Crippen LogP contribution in [0.2, 0.25) is 0 Å². The molecule has 10 rings (SSSR count). The van der Waals surface area contributed by atoms with Gasteiger partial charge in [0.2, 0.25) is 11.8 Å². The lowest BCUT2D eigenvalue weighted by Crippen LogP contribution is -2.48. The van der Waals surface area contributed by atoms with E-state index in [1.54, 1.807) is 20.8 Å². The first-order valence-corrected chi connectivity index (χ1v) is 29.3. The van der Waals surface area contributed by atoms with E-state index < -0.39 is 65.0 Å². The van der Waals surface area contributed by atoms with Crippen molar-refractivity contribution in [3.8, 4) is 11.1 Å². The summed E-state index contributed by atoms with van der Waals surface area (Å²) in [6.45, 7) is 21.0. The van der Waals surface area contributed by atoms with Crippen LogP contribution in [0.5, 0.6) is 0 Å². The first-order chi connectivity index (χ1) is 41.4. The van der Waals surface area contributed by atoms with Gasteiger partial charge in [-0.05, 0) is 160 Å². The second kappa shape index (κ2) is 28.7. The summed E-state index contributed by atoms with van der Waals surface area (Å²) in [6, 6.07) is 36.2. The molecule has 3 saturated heterocycles. The Morgan fingerprint density at radius 2 is 1.09 bits per heavy atom. The van der Waals surface area contributed by atoms with E-state index in [-0.39, 0.29) is 45.0 Å². The van der Waals surface area contributed by atoms with Crippen LogP contribution in [0.25, 0.3) is 11.1 Å². The third-order valence-electron chi connectivity index (χ3n) is 17.2. The summed E-state index contributed by atoms with van der Waals surface area (Å²) >= 11 is 0. The van der Waals surface area contributed by atoms with Crippen molar-refractivity contribution in [2.24, 2.45) is 11.8 Å². The zero-order valence-corrected chi connectivity index (χ0v) is 50.2. The molecule has 3 aliphatic rings. The number of aromatic nitrogens is 5. The summed E-state index contributed by atoms with van der Waals surface area (Å²) in [5.41, 5.74) is 2.53. The summed E-state index contributed by atoms with van der Waals surface area (Å²) < 4.78 is 73.9. The van der Waals surface area contributed by atoms with Gasteiger partial charge in [0.15, 0.2) is 5.60 Å². The zero-order chi connectivity index (χ0) is 62.4. The van der Waals surface area contributed by atoms with Crippen LogP contribution in [-0.2, 0) is 37.0 Å². The molecule has 0 saturated carbocycles. The van der Waals surface area contributed by atoms with E-state index in [2.05, 4.69) is 103 Å². The van der Waals surface area contributed by atoms with Gasteiger partial charge in [0.05, 0.1) is 41.8 Å². The van der Waals surface area contributed by atoms with Gasteiger partial charge in [-0.15, -0.1) is 5.10 Å². The largest absolute Gasteiger partial charge is 0.494 e. The topological polar surface area (TPSA) is 207 Å². The molecule has 4 unspecified atom stereocenters. The van der Waals surface area contributed by atoms with Crippen molar-refractivity contribution in [2.75, 3.05) is 82.6 Å². The van der Waals surface area contributed by atoms with Crippen LogP contribution in [0.15, 0.2) is 140 Å². The van der Waals surface area contributed by atoms with Crippen molar-refractivity contribution < 1.29 is 51.8 Å². The number of amides is 2. The Morgan fingerprint density at radius 1 is 0.640 bits per heavy atom. The lowest BCUT2D eigenvalue weighted by Gasteiger charge is -2.37. The number of aliphatic hydroxyl groups excluding tert-OH is 2. The second-order valence-corrected chi connectivity index (χ2v) is 23.5. The van der Waals surface area contributed by atoms with Crippen LogP contribution >= 0.6 is 0 Å². The number of benzene rings is 5. The maximum Gasteiger partial charge on any atom is 0.494 e. The summed E-state index contributed by atoms with van der Waals surface area (Å²) in [4.78, 5) is 37.9. The van der Waals surface area contributed by atoms with Crippen molar-refractivity contribution >= 4 is 58.5 Å². The van der Waals surface area contributed by atoms with Gasteiger partial charge in [-0.25, -0.2) is 13.5 Å². The number of carbonyl (C=O) groups excluding carboxylic acids is 2. The average Bonchev–Trinajstić information content (AvgIpc) is 2.86. The highest BCUT2D eigenvalue weighted by atomic mass is 19.3. The minimum Gasteiger partial charge on any atom is -0.399 e. The molecule has 2 amide bonds. The van der Waals surface area contributed by atoms with E-state index in [1.807, 2.05) is 79.7 Å². The highest BCUT2D eigenvalue weighted by molar-refractivity contribution is 6.62. The lowest BCUT2D eigenvalue weighted by atomic mass is 9.79. The fraction of sp³-hybridized carbons (Fsp3) is 0.424. The summed E-state index contributed by atoms with van der Waals surface area (Å²) in [6.07, 6.45) is 1.45. The molecule has 476 valence electrons. The smallest absolute Gasteiger partial charge is 0.399 e. The normalized spacial score (nSPS) is 17.6. The van der Waals surface area contributed by atoms with E-state index in [0.29, 0.717) is 23.7 Å². The molecule has 3 aliphatic heterocycles. The van der Waals surface area contributed by atoms with Crippen LogP contribution in [-0.4, -0.2) is 135 Å². The van der Waals surface area contributed by atoms with Gasteiger partial charge < -0.3 is 54.9 Å². The number of nitrogens with one attached hydrogen (secondary N) is 2. The Bertz CT molecular complexity index is 3390. The van der Waals surface area contributed by atoms with Crippen molar-refractivity contribution in [3.63, 3.8) is 0 Å². The minimum atomic E-state index is -4.15. The molecule has 5 N–H and O–H groups in total. The van der Waals surface area contributed by atoms with Gasteiger partial charge in [0.25, 0.3) is 0 Å². The third kappa shape index (κ3) is 15.6. The predicted molar refractivity (Wildman–Crippen MR) is 343 cm³/mol. The van der Waals surface area contributed by atoms with Crippen LogP contribution in [0, 0.1) is 23.5 Å². The van der Waals surface area contributed by atoms with E-state index in [1.165, 1.54) is 18.0 Å². The highest BCUT2D eigenvalue weighted by Gasteiger charge is 2.58. The molecule has 89 heavy (non-hydrogen) atoms. The molecule has 0 bridgehead atoms. The first kappa shape index (κ1) is 68.5. The lowest BCUT2D eigenvalue weighted by molar-refractivity contribution is -0.207. The molecule has 0 aliphatic carbocycles. The zero-order valence-electron chi connectivity index (χ0n) is 50.2. The molecule has 5 aromatic carbocycles. The van der Waals surface area contributed by atoms with Gasteiger partial charge in [-0.1, -0.05) is 59.0 Å². The number of anilines is 6. The van der Waals surface area contributed by atoms with Crippen LogP contribution in [0.1, 0.15) is 87.9 Å². The van der Waals surface area contributed by atoms with E-state index in [0.717, 1.165) is 115 Å². The number of tetrazole rings is 1. The number of aliphatic hydroxyl groups is 3. The molecule has 2 aromatic heterocycles. The number of hydrogen-bond donors (Lipinski definition) is 5. The minimum absolute atomic E-state index is 0. The van der Waals surface area contributed by atoms with Gasteiger partial charge in [-0.3, -0.25) is 14.6 Å². The summed E-state index contributed by atoms with van der Waals surface area (Å²) in [5, 5.41) is 46.9. The Morgan fingerprint density at radius 3 is 1.49 bits per heavy atom. The van der Waals surface area contributed by atoms with Crippen molar-refractivity contribution in [2.45, 2.75) is 118 Å². The second-order valence-electron chi connectivity index (χ2n) is 23.5. The average molecular weight is 1230 g/mol. The van der Waals surface area contributed by atoms with Gasteiger partial charge in [0, 0.05) is 110 Å². The Labute approximate surface area is 520 Å². The molecule has 7 aromatic rings. The van der Waals surface area contributed by atoms with E-state index in [4.69, 9.17) is 9.31 Å². The Hall–Kier alpha value is -7.96. The van der Waals surface area contributed by atoms with Crippen molar-refractivity contribution in [3.05, 3.63) is 163 Å². The number of alkyl halides is 2. The standard InChI is InChI=1S/C36H36F4N8O3.C28H40BN3O4.2CH4/c1-23(24(2)49)34(50)43-28-7-11-30(12-8-28)47-17-15-46(16-18-47)29-9-3-25(4-10-29)26-5-14-33(41-20-26)36(39,40)35(51,21-48-22-42-44-45-48)31-13-6-27(37)19-32(31)38;1-7-25(20(2)33)26(34)30-22-10-14-24(15-11-22)32-18-16-31(17-19-32)23-12-8-21(9-13-23)29-35-27(3,4)28(5,6)36-29;;/h3-14,19-20,22-24,49,51H,15-18,21H2,1-2H3,(H,43,50);8-15,20,25,33H,7,16-19H2,1-6H3,(H,30,34);2*1H4/t23?,24?,35-;;;/m0.../s1. The number of nitrogens with zero attached hydrogens (tertiary/aromatic N) is 9. The SMILES string of the molecule is C.C.CC(O)C(C)C(=O)Nc1ccc(N2CCN(c3ccc(-c4ccc(C(F)(F)[C@](O)(Cn5cnnn5)c5ccc(F)cc5F)nc4)cc3)CC2)cc1.CCC(C(=O)Nc1ccc(N2CCN(c3ccc(B4OC(C)(C)C(C)(C)O4)cc3)CC2)cc1)C(C)O. The van der Waals surface area contributed by atoms with Crippen molar-refractivity contribution in [1.29, 1.82) is 0 Å². The van der Waals surface area contributed by atoms with Crippen LogP contribution in [0.3, 0.4) is 0 Å². The Balaban J connectivity index is 0.000000262. The predicted octanol–water partition coefficient (Wildman–Crippen LogP) is 9.91. The first-order valence-electron chi connectivity index (χ1n) is 29.3. The summed E-state index contributed by atoms with van der Waals surface area (Å²) in [7, 11) is -0.339. The molecule has 18 nitrogen and oxygen atoms in total. The van der Waals surface area contributed by atoms with Gasteiger partial charge in [0.1, 0.15) is 23.7 Å². The number of carbonyl (C=O) groups is 2. The monoisotopic (exact) mass is 1230 g/mol. The summed E-state index contributed by atoms with van der Waals surface area (Å²) in [5.74, 6) is -7.80. The molecule has 23 heteroatoms. The van der Waals surface area contributed by atoms with E-state index in [9.17, 15) is 33.7 Å². The van der Waals surface area contributed by atoms with Gasteiger partial charge >= 0.3 is 13.0 Å². The number of rotatable bonds is 18. The molecule has 3 fully saturated rings. The quantitative estimate of drug-likeness (QED) is 0.0400. The molecular weight excluding hydrogens is 1150 g/mol. The number of halogens is 4. The van der Waals surface area contributed by atoms with Crippen LogP contribution < -0.4 is 35.7 Å². The fourth-order valence-electron chi connectivity index (χ4n) is 10.7. The molecule has 5 atom stereocenters. The molecule has 0 spiro atoms. The number of piperazine rings is 2. The van der Waals surface area contributed by atoms with Crippen LogP contribution in [0.4, 0.5) is 51.7 Å². The maximum absolute atomic E-state index is 16.1. The fourth-order valence-corrected chi connectivity index (χ4v) is 10.7. The Kier molecular flexibility index (Phi) is 22.1. The maximum atomic E-state index is 16.1. The highest BCUT2D eigenvalue weighted by Crippen LogP contribution is 2.47.